The SMILES string of the molecule is O=C(Nc1nc(-c2ccc3c(c2)OCCO3)cs1)C1CC(=O)N(C2CCCC2)C1. The number of hydrogen-bond acceptors (Lipinski definition) is 6. The molecule has 1 aliphatic carbocycles. The van der Waals surface area contributed by atoms with Gasteiger partial charge in [-0.3, -0.25) is 9.59 Å². The lowest BCUT2D eigenvalue weighted by Gasteiger charge is -2.23. The van der Waals surface area contributed by atoms with E-state index in [-0.39, 0.29) is 17.7 Å². The lowest BCUT2D eigenvalue weighted by Crippen LogP contribution is -2.35. The summed E-state index contributed by atoms with van der Waals surface area (Å²) in [7, 11) is 0. The number of fused-ring (bicyclic) bond motifs is 1. The Hall–Kier alpha value is -2.61. The molecular formula is C21H23N3O4S. The minimum atomic E-state index is -0.301. The third-order valence-electron chi connectivity index (χ3n) is 5.87. The molecule has 0 bridgehead atoms. The zero-order valence-corrected chi connectivity index (χ0v) is 16.9. The predicted molar refractivity (Wildman–Crippen MR) is 109 cm³/mol. The van der Waals surface area contributed by atoms with Crippen LogP contribution in [0, 0.1) is 5.92 Å². The standard InChI is InChI=1S/C21H23N3O4S/c25-19-10-14(11-24(19)15-3-1-2-4-15)20(26)23-21-22-16(12-29-21)13-5-6-17-18(9-13)28-8-7-27-17/h5-6,9,12,14-15H,1-4,7-8,10-11H2,(H,22,23,26). The molecule has 0 radical (unpaired) electrons. The summed E-state index contributed by atoms with van der Waals surface area (Å²) in [6, 6.07) is 6.04. The highest BCUT2D eigenvalue weighted by Crippen LogP contribution is 2.36. The van der Waals surface area contributed by atoms with Gasteiger partial charge in [-0.05, 0) is 31.0 Å². The smallest absolute Gasteiger partial charge is 0.231 e. The van der Waals surface area contributed by atoms with E-state index in [1.807, 2.05) is 28.5 Å². The summed E-state index contributed by atoms with van der Waals surface area (Å²) in [4.78, 5) is 31.5. The van der Waals surface area contributed by atoms with Crippen LogP contribution in [-0.2, 0) is 9.59 Å². The zero-order chi connectivity index (χ0) is 19.8. The molecule has 5 rings (SSSR count). The molecule has 1 saturated carbocycles. The third kappa shape index (κ3) is 3.69. The first-order chi connectivity index (χ1) is 14.2. The molecule has 2 amide bonds. The fourth-order valence-electron chi connectivity index (χ4n) is 4.35. The Kier molecular flexibility index (Phi) is 4.87. The first kappa shape index (κ1) is 18.4. The number of benzene rings is 1. The van der Waals surface area contributed by atoms with Gasteiger partial charge in [0, 0.05) is 30.0 Å². The van der Waals surface area contributed by atoms with E-state index in [4.69, 9.17) is 9.47 Å². The number of aromatic nitrogens is 1. The maximum atomic E-state index is 12.7. The van der Waals surface area contributed by atoms with Crippen LogP contribution in [0.1, 0.15) is 32.1 Å². The highest BCUT2D eigenvalue weighted by atomic mass is 32.1. The molecule has 7 nitrogen and oxygen atoms in total. The average molecular weight is 413 g/mol. The van der Waals surface area contributed by atoms with Gasteiger partial charge in [0.25, 0.3) is 0 Å². The number of anilines is 1. The van der Waals surface area contributed by atoms with Crippen molar-refractivity contribution in [1.29, 1.82) is 0 Å². The minimum absolute atomic E-state index is 0.105. The summed E-state index contributed by atoms with van der Waals surface area (Å²) < 4.78 is 11.2. The second-order valence-corrected chi connectivity index (χ2v) is 8.63. The molecule has 2 fully saturated rings. The summed E-state index contributed by atoms with van der Waals surface area (Å²) >= 11 is 1.38. The van der Waals surface area contributed by atoms with Gasteiger partial charge >= 0.3 is 0 Å². The highest BCUT2D eigenvalue weighted by Gasteiger charge is 2.38. The summed E-state index contributed by atoms with van der Waals surface area (Å²) in [5, 5.41) is 5.36. The van der Waals surface area contributed by atoms with Gasteiger partial charge in [0.2, 0.25) is 11.8 Å². The monoisotopic (exact) mass is 413 g/mol. The zero-order valence-electron chi connectivity index (χ0n) is 16.1. The number of thiazole rings is 1. The van der Waals surface area contributed by atoms with Gasteiger partial charge in [0.05, 0.1) is 11.6 Å². The summed E-state index contributed by atoms with van der Waals surface area (Å²) in [5.41, 5.74) is 1.69. The lowest BCUT2D eigenvalue weighted by atomic mass is 10.1. The van der Waals surface area contributed by atoms with E-state index in [0.717, 1.165) is 29.8 Å². The first-order valence-corrected chi connectivity index (χ1v) is 11.0. The Morgan fingerprint density at radius 3 is 2.79 bits per heavy atom. The topological polar surface area (TPSA) is 80.8 Å². The van der Waals surface area contributed by atoms with Crippen LogP contribution in [0.4, 0.5) is 5.13 Å². The number of ether oxygens (including phenoxy) is 2. The van der Waals surface area contributed by atoms with Crippen molar-refractivity contribution in [3.05, 3.63) is 23.6 Å². The number of carbonyl (C=O) groups excluding carboxylic acids is 2. The van der Waals surface area contributed by atoms with Gasteiger partial charge in [-0.15, -0.1) is 11.3 Å². The maximum Gasteiger partial charge on any atom is 0.231 e. The Labute approximate surface area is 173 Å². The van der Waals surface area contributed by atoms with Crippen molar-refractivity contribution in [2.45, 2.75) is 38.1 Å². The molecule has 1 aromatic heterocycles. The number of amides is 2. The van der Waals surface area contributed by atoms with Crippen LogP contribution in [0.3, 0.4) is 0 Å². The van der Waals surface area contributed by atoms with Gasteiger partial charge in [0.15, 0.2) is 16.6 Å². The predicted octanol–water partition coefficient (Wildman–Crippen LogP) is 3.31. The summed E-state index contributed by atoms with van der Waals surface area (Å²) in [6.45, 7) is 1.61. The van der Waals surface area contributed by atoms with Crippen molar-refractivity contribution < 1.29 is 19.1 Å². The van der Waals surface area contributed by atoms with Crippen LogP contribution in [0.5, 0.6) is 11.5 Å². The van der Waals surface area contributed by atoms with Crippen molar-refractivity contribution >= 4 is 28.3 Å². The molecule has 29 heavy (non-hydrogen) atoms. The molecule has 1 unspecified atom stereocenters. The molecule has 3 heterocycles. The Bertz CT molecular complexity index is 938. The highest BCUT2D eigenvalue weighted by molar-refractivity contribution is 7.14. The second kappa shape index (κ2) is 7.67. The van der Waals surface area contributed by atoms with Crippen LogP contribution in [0.25, 0.3) is 11.3 Å². The van der Waals surface area contributed by atoms with Crippen LogP contribution < -0.4 is 14.8 Å². The first-order valence-electron chi connectivity index (χ1n) is 10.1. The molecule has 0 spiro atoms. The molecule has 8 heteroatoms. The fourth-order valence-corrected chi connectivity index (χ4v) is 5.07. The minimum Gasteiger partial charge on any atom is -0.486 e. The van der Waals surface area contributed by atoms with E-state index in [0.29, 0.717) is 43.1 Å². The normalized spacial score (nSPS) is 21.6. The lowest BCUT2D eigenvalue weighted by molar-refractivity contribution is -0.129. The van der Waals surface area contributed by atoms with Crippen molar-refractivity contribution in [3.8, 4) is 22.8 Å². The second-order valence-electron chi connectivity index (χ2n) is 7.77. The number of nitrogens with zero attached hydrogens (tertiary/aromatic N) is 2. The van der Waals surface area contributed by atoms with E-state index in [1.165, 1.54) is 24.2 Å². The average Bonchev–Trinajstić information content (AvgIpc) is 3.48. The van der Waals surface area contributed by atoms with Gasteiger partial charge in [-0.1, -0.05) is 12.8 Å². The number of hydrogen-bond donors (Lipinski definition) is 1. The van der Waals surface area contributed by atoms with Crippen LogP contribution in [0.15, 0.2) is 23.6 Å². The van der Waals surface area contributed by atoms with Crippen molar-refractivity contribution in [1.82, 2.24) is 9.88 Å². The van der Waals surface area contributed by atoms with E-state index in [9.17, 15) is 9.59 Å². The van der Waals surface area contributed by atoms with Crippen molar-refractivity contribution in [2.75, 3.05) is 25.1 Å². The Morgan fingerprint density at radius 1 is 1.17 bits per heavy atom. The molecule has 1 N–H and O–H groups in total. The molecule has 3 aliphatic rings. The number of rotatable bonds is 4. The summed E-state index contributed by atoms with van der Waals surface area (Å²) in [5.74, 6) is 1.13. The third-order valence-corrected chi connectivity index (χ3v) is 6.62. The largest absolute Gasteiger partial charge is 0.486 e. The Morgan fingerprint density at radius 2 is 1.97 bits per heavy atom. The molecule has 1 aromatic carbocycles. The van der Waals surface area contributed by atoms with Gasteiger partial charge < -0.3 is 19.7 Å². The van der Waals surface area contributed by atoms with Gasteiger partial charge in [-0.25, -0.2) is 4.98 Å². The molecule has 2 aromatic rings. The van der Waals surface area contributed by atoms with Gasteiger partial charge in [0.1, 0.15) is 13.2 Å². The van der Waals surface area contributed by atoms with Crippen molar-refractivity contribution in [3.63, 3.8) is 0 Å². The number of likely N-dealkylation sites (tertiary alicyclic amines) is 1. The molecule has 2 aliphatic heterocycles. The number of carbonyl (C=O) groups is 2. The Balaban J connectivity index is 1.24. The van der Waals surface area contributed by atoms with Crippen LogP contribution in [0.2, 0.25) is 0 Å². The quantitative estimate of drug-likeness (QED) is 0.832. The summed E-state index contributed by atoms with van der Waals surface area (Å²) in [6.07, 6.45) is 4.76. The maximum absolute atomic E-state index is 12.7. The van der Waals surface area contributed by atoms with E-state index in [1.54, 1.807) is 0 Å². The van der Waals surface area contributed by atoms with Crippen LogP contribution >= 0.6 is 11.3 Å². The van der Waals surface area contributed by atoms with E-state index >= 15 is 0 Å². The molecule has 1 atom stereocenters. The van der Waals surface area contributed by atoms with E-state index < -0.39 is 0 Å². The fraction of sp³-hybridized carbons (Fsp3) is 0.476. The number of nitrogens with one attached hydrogen (secondary N) is 1. The molecular weight excluding hydrogens is 390 g/mol. The molecule has 152 valence electrons. The van der Waals surface area contributed by atoms with Crippen LogP contribution in [-0.4, -0.2) is 47.5 Å². The van der Waals surface area contributed by atoms with Gasteiger partial charge in [-0.2, -0.15) is 0 Å². The molecule has 1 saturated heterocycles. The van der Waals surface area contributed by atoms with E-state index in [2.05, 4.69) is 10.3 Å². The van der Waals surface area contributed by atoms with Crippen molar-refractivity contribution in [2.24, 2.45) is 5.92 Å².